The van der Waals surface area contributed by atoms with Crippen LogP contribution in [0.1, 0.15) is 28.4 Å². The summed E-state index contributed by atoms with van der Waals surface area (Å²) in [4.78, 5) is 21.9. The Morgan fingerprint density at radius 2 is 1.86 bits per heavy atom. The van der Waals surface area contributed by atoms with E-state index in [4.69, 9.17) is 9.47 Å². The lowest BCUT2D eigenvalue weighted by atomic mass is 10.1. The molecule has 0 fully saturated rings. The molecule has 0 aliphatic heterocycles. The fourth-order valence-electron chi connectivity index (χ4n) is 2.02. The highest BCUT2D eigenvalue weighted by atomic mass is 16.5. The van der Waals surface area contributed by atoms with Crippen molar-refractivity contribution in [1.82, 2.24) is 0 Å². The second kappa shape index (κ2) is 7.98. The second-order valence-electron chi connectivity index (χ2n) is 4.85. The van der Waals surface area contributed by atoms with Crippen LogP contribution in [0.3, 0.4) is 0 Å². The molecule has 2 rings (SSSR count). The highest BCUT2D eigenvalue weighted by Gasteiger charge is 2.06. The van der Waals surface area contributed by atoms with Crippen LogP contribution in [0.25, 0.3) is 0 Å². The highest BCUT2D eigenvalue weighted by Crippen LogP contribution is 2.20. The lowest BCUT2D eigenvalue weighted by Crippen LogP contribution is -2.04. The summed E-state index contributed by atoms with van der Waals surface area (Å²) in [5.41, 5.74) is 2.46. The molecule has 0 aliphatic rings. The zero-order valence-electron chi connectivity index (χ0n) is 12.5. The molecule has 114 valence electrons. The van der Waals surface area contributed by atoms with Crippen molar-refractivity contribution in [2.45, 2.75) is 20.0 Å². The molecule has 0 N–H and O–H groups in total. The van der Waals surface area contributed by atoms with Crippen LogP contribution in [0.15, 0.2) is 48.5 Å². The number of aldehydes is 1. The summed E-state index contributed by atoms with van der Waals surface area (Å²) >= 11 is 0. The van der Waals surface area contributed by atoms with Crippen LogP contribution in [0, 0.1) is 0 Å². The van der Waals surface area contributed by atoms with Crippen LogP contribution >= 0.6 is 0 Å². The summed E-state index contributed by atoms with van der Waals surface area (Å²) in [6.07, 6.45) is 1.34. The third-order valence-electron chi connectivity index (χ3n) is 3.13. The van der Waals surface area contributed by atoms with Gasteiger partial charge in [-0.25, -0.2) is 0 Å². The smallest absolute Gasteiger partial charge is 0.302 e. The Hall–Kier alpha value is -2.62. The van der Waals surface area contributed by atoms with Crippen LogP contribution in [-0.4, -0.2) is 18.9 Å². The molecule has 0 aliphatic carbocycles. The SMILES string of the molecule is CC(=O)OCCc1ccc(OCc2ccccc2)c(C=O)c1. The molecule has 0 aromatic heterocycles. The van der Waals surface area contributed by atoms with Crippen molar-refractivity contribution in [2.24, 2.45) is 0 Å². The quantitative estimate of drug-likeness (QED) is 0.582. The average Bonchev–Trinajstić information content (AvgIpc) is 2.54. The molecule has 0 unspecified atom stereocenters. The minimum absolute atomic E-state index is 0.303. The van der Waals surface area contributed by atoms with Crippen molar-refractivity contribution in [1.29, 1.82) is 0 Å². The standard InChI is InChI=1S/C18H18O4/c1-14(20)21-10-9-15-7-8-18(17(11-15)12-19)22-13-16-5-3-2-4-6-16/h2-8,11-12H,9-10,13H2,1H3. The van der Waals surface area contributed by atoms with E-state index in [1.165, 1.54) is 6.92 Å². The Morgan fingerprint density at radius 1 is 1.09 bits per heavy atom. The second-order valence-corrected chi connectivity index (χ2v) is 4.85. The van der Waals surface area contributed by atoms with E-state index in [1.54, 1.807) is 12.1 Å². The predicted octanol–water partition coefficient (Wildman–Crippen LogP) is 3.18. The van der Waals surface area contributed by atoms with Crippen LogP contribution < -0.4 is 4.74 Å². The maximum absolute atomic E-state index is 11.2. The van der Waals surface area contributed by atoms with E-state index >= 15 is 0 Å². The number of hydrogen-bond donors (Lipinski definition) is 0. The fraction of sp³-hybridized carbons (Fsp3) is 0.222. The van der Waals surface area contributed by atoms with E-state index in [1.807, 2.05) is 36.4 Å². The van der Waals surface area contributed by atoms with Crippen molar-refractivity contribution in [3.8, 4) is 5.75 Å². The van der Waals surface area contributed by atoms with Crippen LogP contribution in [0.5, 0.6) is 5.75 Å². The summed E-state index contributed by atoms with van der Waals surface area (Å²) in [6, 6.07) is 15.2. The molecule has 2 aromatic carbocycles. The van der Waals surface area contributed by atoms with Gasteiger partial charge < -0.3 is 9.47 Å². The van der Waals surface area contributed by atoms with Crippen LogP contribution in [0.4, 0.5) is 0 Å². The molecule has 4 nitrogen and oxygen atoms in total. The van der Waals surface area contributed by atoms with E-state index in [0.29, 0.717) is 30.9 Å². The number of benzene rings is 2. The molecule has 0 saturated carbocycles. The zero-order valence-corrected chi connectivity index (χ0v) is 12.5. The summed E-state index contributed by atoms with van der Waals surface area (Å²) < 4.78 is 10.6. The molecular weight excluding hydrogens is 280 g/mol. The van der Waals surface area contributed by atoms with E-state index in [0.717, 1.165) is 17.4 Å². The number of carbonyl (C=O) groups is 2. The third kappa shape index (κ3) is 4.74. The minimum atomic E-state index is -0.307. The number of hydrogen-bond acceptors (Lipinski definition) is 4. The predicted molar refractivity (Wildman–Crippen MR) is 82.9 cm³/mol. The molecule has 22 heavy (non-hydrogen) atoms. The van der Waals surface area contributed by atoms with Crippen molar-refractivity contribution in [3.05, 3.63) is 65.2 Å². The molecule has 2 aromatic rings. The van der Waals surface area contributed by atoms with E-state index in [9.17, 15) is 9.59 Å². The first-order valence-corrected chi connectivity index (χ1v) is 7.07. The van der Waals surface area contributed by atoms with Gasteiger partial charge in [-0.15, -0.1) is 0 Å². The largest absolute Gasteiger partial charge is 0.488 e. The van der Waals surface area contributed by atoms with Gasteiger partial charge in [-0.2, -0.15) is 0 Å². The zero-order chi connectivity index (χ0) is 15.8. The van der Waals surface area contributed by atoms with Gasteiger partial charge in [0.1, 0.15) is 12.4 Å². The van der Waals surface area contributed by atoms with Gasteiger partial charge in [-0.05, 0) is 23.3 Å². The summed E-state index contributed by atoms with van der Waals surface area (Å²) in [7, 11) is 0. The summed E-state index contributed by atoms with van der Waals surface area (Å²) in [6.45, 7) is 2.09. The Bertz CT molecular complexity index is 635. The van der Waals surface area contributed by atoms with Crippen molar-refractivity contribution < 1.29 is 19.1 Å². The maximum atomic E-state index is 11.2. The number of esters is 1. The Kier molecular flexibility index (Phi) is 5.72. The van der Waals surface area contributed by atoms with Gasteiger partial charge in [0.2, 0.25) is 0 Å². The molecule has 0 atom stereocenters. The van der Waals surface area contributed by atoms with Gasteiger partial charge in [0, 0.05) is 13.3 Å². The summed E-state index contributed by atoms with van der Waals surface area (Å²) in [5, 5.41) is 0. The van der Waals surface area contributed by atoms with Crippen molar-refractivity contribution in [3.63, 3.8) is 0 Å². The summed E-state index contributed by atoms with van der Waals surface area (Å²) in [5.74, 6) is 0.244. The fourth-order valence-corrected chi connectivity index (χ4v) is 2.02. The Balaban J connectivity index is 1.99. The Morgan fingerprint density at radius 3 is 2.55 bits per heavy atom. The van der Waals surface area contributed by atoms with Crippen molar-refractivity contribution >= 4 is 12.3 Å². The molecule has 0 spiro atoms. The number of ether oxygens (including phenoxy) is 2. The number of rotatable bonds is 7. The van der Waals surface area contributed by atoms with Gasteiger partial charge in [-0.3, -0.25) is 9.59 Å². The molecule has 0 radical (unpaired) electrons. The molecule has 0 heterocycles. The molecule has 0 bridgehead atoms. The molecule has 0 amide bonds. The third-order valence-corrected chi connectivity index (χ3v) is 3.13. The Labute approximate surface area is 129 Å². The van der Waals surface area contributed by atoms with Gasteiger partial charge in [0.25, 0.3) is 0 Å². The molecule has 4 heteroatoms. The lowest BCUT2D eigenvalue weighted by molar-refractivity contribution is -0.140. The van der Waals surface area contributed by atoms with E-state index in [2.05, 4.69) is 0 Å². The highest BCUT2D eigenvalue weighted by molar-refractivity contribution is 5.79. The van der Waals surface area contributed by atoms with Gasteiger partial charge in [0.05, 0.1) is 12.2 Å². The number of carbonyl (C=O) groups excluding carboxylic acids is 2. The average molecular weight is 298 g/mol. The minimum Gasteiger partial charge on any atom is -0.488 e. The topological polar surface area (TPSA) is 52.6 Å². The maximum Gasteiger partial charge on any atom is 0.302 e. The normalized spacial score (nSPS) is 10.0. The van der Waals surface area contributed by atoms with Gasteiger partial charge in [0.15, 0.2) is 6.29 Å². The van der Waals surface area contributed by atoms with Crippen LogP contribution in [0.2, 0.25) is 0 Å². The first-order valence-electron chi connectivity index (χ1n) is 7.07. The van der Waals surface area contributed by atoms with E-state index in [-0.39, 0.29) is 5.97 Å². The van der Waals surface area contributed by atoms with Gasteiger partial charge >= 0.3 is 5.97 Å². The monoisotopic (exact) mass is 298 g/mol. The molecule has 0 saturated heterocycles. The van der Waals surface area contributed by atoms with Crippen molar-refractivity contribution in [2.75, 3.05) is 6.61 Å². The van der Waals surface area contributed by atoms with E-state index < -0.39 is 0 Å². The van der Waals surface area contributed by atoms with Crippen LogP contribution in [-0.2, 0) is 22.6 Å². The first-order chi connectivity index (χ1) is 10.7. The lowest BCUT2D eigenvalue weighted by Gasteiger charge is -2.10. The van der Waals surface area contributed by atoms with Gasteiger partial charge in [-0.1, -0.05) is 36.4 Å². The first kappa shape index (κ1) is 15.8. The molecular formula is C18H18O4.